The molecule has 35 heavy (non-hydrogen) atoms. The molecule has 0 spiro atoms. The fourth-order valence-corrected chi connectivity index (χ4v) is 3.69. The minimum atomic E-state index is 0.241. The topological polar surface area (TPSA) is 114 Å². The Hall–Kier alpha value is -4.98. The Bertz CT molecular complexity index is 1470. The van der Waals surface area contributed by atoms with Gasteiger partial charge in [0.1, 0.15) is 5.82 Å². The van der Waals surface area contributed by atoms with Crippen LogP contribution in [-0.4, -0.2) is 19.9 Å². The van der Waals surface area contributed by atoms with Gasteiger partial charge in [-0.05, 0) is 55.5 Å². The number of nitrogens with one attached hydrogen (secondary N) is 3. The molecule has 0 atom stereocenters. The Balaban J connectivity index is 1.23. The van der Waals surface area contributed by atoms with Crippen LogP contribution in [0.2, 0.25) is 0 Å². The van der Waals surface area contributed by atoms with Gasteiger partial charge in [-0.3, -0.25) is 9.97 Å². The Morgan fingerprint density at radius 2 is 1.60 bits per heavy atom. The van der Waals surface area contributed by atoms with Crippen molar-refractivity contribution in [1.82, 2.24) is 19.9 Å². The SMILES string of the molecule is C=C(Nc1ccc(Nc2cc(C)nc(N)n2)cc1)c1ccc(Nc2ccnc3ccccc23)cn1. The quantitative estimate of drug-likeness (QED) is 0.238. The molecule has 0 radical (unpaired) electrons. The molecule has 0 saturated heterocycles. The highest BCUT2D eigenvalue weighted by atomic mass is 15.1. The van der Waals surface area contributed by atoms with Crippen molar-refractivity contribution in [2.75, 3.05) is 21.7 Å². The lowest BCUT2D eigenvalue weighted by atomic mass is 10.2. The predicted molar refractivity (Wildman–Crippen MR) is 143 cm³/mol. The molecule has 0 aliphatic rings. The number of anilines is 6. The molecular weight excluding hydrogens is 436 g/mol. The Morgan fingerprint density at radius 1 is 0.829 bits per heavy atom. The molecule has 0 unspecified atom stereocenters. The number of aromatic nitrogens is 4. The van der Waals surface area contributed by atoms with E-state index in [2.05, 4.69) is 42.5 Å². The van der Waals surface area contributed by atoms with Crippen molar-refractivity contribution in [2.24, 2.45) is 0 Å². The highest BCUT2D eigenvalue weighted by Gasteiger charge is 2.06. The number of nitrogens with two attached hydrogens (primary N) is 1. The number of para-hydroxylation sites is 1. The minimum absolute atomic E-state index is 0.241. The summed E-state index contributed by atoms with van der Waals surface area (Å²) in [6.07, 6.45) is 3.59. The largest absolute Gasteiger partial charge is 0.368 e. The average molecular weight is 461 g/mol. The lowest BCUT2D eigenvalue weighted by Gasteiger charge is -2.12. The monoisotopic (exact) mass is 460 g/mol. The average Bonchev–Trinajstić information content (AvgIpc) is 2.85. The van der Waals surface area contributed by atoms with Crippen LogP contribution in [0, 0.1) is 6.92 Å². The summed E-state index contributed by atoms with van der Waals surface area (Å²) < 4.78 is 0. The van der Waals surface area contributed by atoms with Crippen molar-refractivity contribution in [3.63, 3.8) is 0 Å². The van der Waals surface area contributed by atoms with Crippen LogP contribution in [0.25, 0.3) is 16.6 Å². The maximum atomic E-state index is 5.72. The fraction of sp³-hybridized carbons (Fsp3) is 0.0370. The zero-order valence-corrected chi connectivity index (χ0v) is 19.2. The molecule has 0 aliphatic heterocycles. The molecule has 8 heteroatoms. The molecule has 5 aromatic rings. The van der Waals surface area contributed by atoms with E-state index in [4.69, 9.17) is 5.73 Å². The number of fused-ring (bicyclic) bond motifs is 1. The number of hydrogen-bond acceptors (Lipinski definition) is 8. The van der Waals surface area contributed by atoms with E-state index in [0.29, 0.717) is 11.5 Å². The van der Waals surface area contributed by atoms with Gasteiger partial charge in [0.15, 0.2) is 0 Å². The second-order valence-electron chi connectivity index (χ2n) is 7.99. The smallest absolute Gasteiger partial charge is 0.222 e. The van der Waals surface area contributed by atoms with Gasteiger partial charge in [-0.2, -0.15) is 4.98 Å². The van der Waals surface area contributed by atoms with Crippen LogP contribution in [-0.2, 0) is 0 Å². The van der Waals surface area contributed by atoms with Crippen molar-refractivity contribution in [3.8, 4) is 0 Å². The summed E-state index contributed by atoms with van der Waals surface area (Å²) >= 11 is 0. The van der Waals surface area contributed by atoms with E-state index in [0.717, 1.165) is 45.0 Å². The van der Waals surface area contributed by atoms with Crippen LogP contribution in [0.1, 0.15) is 11.4 Å². The zero-order chi connectivity index (χ0) is 24.2. The zero-order valence-electron chi connectivity index (χ0n) is 19.2. The number of aryl methyl sites for hydroxylation is 1. The van der Waals surface area contributed by atoms with E-state index < -0.39 is 0 Å². The van der Waals surface area contributed by atoms with Gasteiger partial charge in [0, 0.05) is 40.4 Å². The van der Waals surface area contributed by atoms with E-state index >= 15 is 0 Å². The maximum Gasteiger partial charge on any atom is 0.222 e. The number of hydrogen-bond donors (Lipinski definition) is 4. The fourth-order valence-electron chi connectivity index (χ4n) is 3.69. The molecule has 0 fully saturated rings. The van der Waals surface area contributed by atoms with E-state index in [-0.39, 0.29) is 5.95 Å². The second-order valence-corrected chi connectivity index (χ2v) is 7.99. The number of rotatable bonds is 7. The molecule has 0 amide bonds. The van der Waals surface area contributed by atoms with Crippen molar-refractivity contribution in [3.05, 3.63) is 103 Å². The molecule has 5 N–H and O–H groups in total. The predicted octanol–water partition coefficient (Wildman–Crippen LogP) is 5.88. The summed E-state index contributed by atoms with van der Waals surface area (Å²) in [6, 6.07) is 23.5. The lowest BCUT2D eigenvalue weighted by Crippen LogP contribution is -2.02. The van der Waals surface area contributed by atoms with Crippen molar-refractivity contribution in [2.45, 2.75) is 6.92 Å². The number of pyridine rings is 2. The van der Waals surface area contributed by atoms with Gasteiger partial charge >= 0.3 is 0 Å². The van der Waals surface area contributed by atoms with Gasteiger partial charge in [-0.15, -0.1) is 0 Å². The first-order chi connectivity index (χ1) is 17.0. The second kappa shape index (κ2) is 9.48. The van der Waals surface area contributed by atoms with Crippen LogP contribution in [0.4, 0.5) is 34.5 Å². The minimum Gasteiger partial charge on any atom is -0.368 e. The van der Waals surface area contributed by atoms with Crippen molar-refractivity contribution < 1.29 is 0 Å². The summed E-state index contributed by atoms with van der Waals surface area (Å²) in [7, 11) is 0. The van der Waals surface area contributed by atoms with E-state index in [1.807, 2.05) is 79.7 Å². The molecule has 0 saturated carbocycles. The third-order valence-electron chi connectivity index (χ3n) is 5.32. The van der Waals surface area contributed by atoms with Crippen LogP contribution in [0.5, 0.6) is 0 Å². The molecule has 5 rings (SSSR count). The van der Waals surface area contributed by atoms with Crippen LogP contribution in [0.15, 0.2) is 91.8 Å². The Kier molecular flexibility index (Phi) is 5.92. The van der Waals surface area contributed by atoms with Crippen LogP contribution < -0.4 is 21.7 Å². The van der Waals surface area contributed by atoms with E-state index in [1.54, 1.807) is 12.4 Å². The molecule has 3 aromatic heterocycles. The summed E-state index contributed by atoms with van der Waals surface area (Å²) in [6.45, 7) is 6.01. The number of benzene rings is 2. The van der Waals surface area contributed by atoms with Gasteiger partial charge < -0.3 is 21.7 Å². The highest BCUT2D eigenvalue weighted by molar-refractivity contribution is 5.92. The normalized spacial score (nSPS) is 10.7. The summed E-state index contributed by atoms with van der Waals surface area (Å²) in [5.41, 5.74) is 12.6. The van der Waals surface area contributed by atoms with Gasteiger partial charge in [0.05, 0.1) is 28.8 Å². The van der Waals surface area contributed by atoms with Crippen molar-refractivity contribution >= 4 is 51.1 Å². The standard InChI is InChI=1S/C27H24N8/c1-17-15-26(35-27(28)31-17)34-20-9-7-19(8-10-20)32-18(2)23-12-11-21(16-30-23)33-25-13-14-29-24-6-4-3-5-22(24)25/h3-16,32H,2H2,1H3,(H,29,33)(H3,28,31,34,35). The van der Waals surface area contributed by atoms with E-state index in [1.165, 1.54) is 0 Å². The third kappa shape index (κ3) is 5.17. The van der Waals surface area contributed by atoms with Gasteiger partial charge in [-0.1, -0.05) is 24.8 Å². The van der Waals surface area contributed by atoms with Gasteiger partial charge in [0.2, 0.25) is 5.95 Å². The first-order valence-corrected chi connectivity index (χ1v) is 11.0. The molecule has 8 nitrogen and oxygen atoms in total. The summed E-state index contributed by atoms with van der Waals surface area (Å²) in [4.78, 5) is 17.2. The molecule has 2 aromatic carbocycles. The third-order valence-corrected chi connectivity index (χ3v) is 5.32. The lowest BCUT2D eigenvalue weighted by molar-refractivity contribution is 1.12. The summed E-state index contributed by atoms with van der Waals surface area (Å²) in [5, 5.41) is 11.0. The maximum absolute atomic E-state index is 5.72. The van der Waals surface area contributed by atoms with E-state index in [9.17, 15) is 0 Å². The Labute approximate surface area is 203 Å². The van der Waals surface area contributed by atoms with Crippen LogP contribution in [0.3, 0.4) is 0 Å². The van der Waals surface area contributed by atoms with Gasteiger partial charge in [0.25, 0.3) is 0 Å². The molecule has 172 valence electrons. The first-order valence-electron chi connectivity index (χ1n) is 11.0. The number of nitrogens with zero attached hydrogens (tertiary/aromatic N) is 4. The Morgan fingerprint density at radius 3 is 2.37 bits per heavy atom. The molecule has 0 aliphatic carbocycles. The summed E-state index contributed by atoms with van der Waals surface area (Å²) in [5.74, 6) is 0.891. The van der Waals surface area contributed by atoms with Crippen molar-refractivity contribution in [1.29, 1.82) is 0 Å². The first kappa shape index (κ1) is 21.8. The van der Waals surface area contributed by atoms with Gasteiger partial charge in [-0.25, -0.2) is 4.98 Å². The molecular formula is C27H24N8. The number of nitrogen functional groups attached to an aromatic ring is 1. The molecule has 0 bridgehead atoms. The highest BCUT2D eigenvalue weighted by Crippen LogP contribution is 2.26. The van der Waals surface area contributed by atoms with Crippen LogP contribution >= 0.6 is 0 Å². The molecule has 3 heterocycles.